The van der Waals surface area contributed by atoms with E-state index in [-0.39, 0.29) is 18.2 Å². The third kappa shape index (κ3) is 4.38. The zero-order chi connectivity index (χ0) is 16.2. The number of nitro benzene ring substituents is 1. The molecular weight excluding hydrogens is 283 g/mol. The highest BCUT2D eigenvalue weighted by molar-refractivity contribution is 5.90. The second kappa shape index (κ2) is 6.98. The fourth-order valence-electron chi connectivity index (χ4n) is 1.96. The van der Waals surface area contributed by atoms with Gasteiger partial charge in [0.05, 0.1) is 11.5 Å². The first-order chi connectivity index (χ1) is 9.76. The van der Waals surface area contributed by atoms with Gasteiger partial charge in [-0.1, -0.05) is 13.8 Å². The predicted molar refractivity (Wildman–Crippen MR) is 74.0 cm³/mol. The average Bonchev–Trinajstić information content (AvgIpc) is 2.36. The largest absolute Gasteiger partial charge is 0.478 e. The van der Waals surface area contributed by atoms with Crippen molar-refractivity contribution >= 4 is 17.3 Å². The third-order valence-corrected chi connectivity index (χ3v) is 2.85. The van der Waals surface area contributed by atoms with Crippen molar-refractivity contribution in [3.05, 3.63) is 33.6 Å². The van der Waals surface area contributed by atoms with Gasteiger partial charge in [-0.2, -0.15) is 0 Å². The molecule has 0 saturated carbocycles. The third-order valence-electron chi connectivity index (χ3n) is 2.85. The van der Waals surface area contributed by atoms with Crippen molar-refractivity contribution < 1.29 is 24.3 Å². The molecular formula is C13H17FN2O5. The van der Waals surface area contributed by atoms with Gasteiger partial charge >= 0.3 is 5.97 Å². The van der Waals surface area contributed by atoms with Crippen molar-refractivity contribution in [1.82, 2.24) is 0 Å². The monoisotopic (exact) mass is 300 g/mol. The predicted octanol–water partition coefficient (Wildman–Crippen LogP) is 2.25. The van der Waals surface area contributed by atoms with Crippen LogP contribution in [-0.2, 0) is 0 Å². The fourth-order valence-corrected chi connectivity index (χ4v) is 1.96. The summed E-state index contributed by atoms with van der Waals surface area (Å²) in [6.07, 6.45) is 0.524. The first-order valence-corrected chi connectivity index (χ1v) is 6.34. The number of aromatic carboxylic acids is 1. The van der Waals surface area contributed by atoms with E-state index in [4.69, 9.17) is 5.11 Å². The van der Waals surface area contributed by atoms with Crippen molar-refractivity contribution in [2.45, 2.75) is 26.3 Å². The fraction of sp³-hybridized carbons (Fsp3) is 0.462. The molecule has 1 rings (SSSR count). The Morgan fingerprint density at radius 3 is 2.52 bits per heavy atom. The number of aliphatic hydroxyl groups is 1. The lowest BCUT2D eigenvalue weighted by molar-refractivity contribution is -0.384. The first-order valence-electron chi connectivity index (χ1n) is 6.34. The molecule has 1 aromatic carbocycles. The van der Waals surface area contributed by atoms with Crippen LogP contribution in [0.4, 0.5) is 15.8 Å². The van der Waals surface area contributed by atoms with Gasteiger partial charge in [-0.15, -0.1) is 0 Å². The summed E-state index contributed by atoms with van der Waals surface area (Å²) in [7, 11) is 0. The molecule has 0 saturated heterocycles. The number of hydrogen-bond donors (Lipinski definition) is 3. The van der Waals surface area contributed by atoms with Crippen LogP contribution in [0.5, 0.6) is 0 Å². The van der Waals surface area contributed by atoms with Crippen LogP contribution in [0.3, 0.4) is 0 Å². The summed E-state index contributed by atoms with van der Waals surface area (Å²) in [4.78, 5) is 21.0. The lowest BCUT2D eigenvalue weighted by Gasteiger charge is -2.19. The molecule has 21 heavy (non-hydrogen) atoms. The number of nitrogens with zero attached hydrogens (tertiary/aromatic N) is 1. The van der Waals surface area contributed by atoms with E-state index < -0.39 is 34.0 Å². The average molecular weight is 300 g/mol. The number of halogens is 1. The Kier molecular flexibility index (Phi) is 5.60. The van der Waals surface area contributed by atoms with E-state index in [0.717, 1.165) is 6.07 Å². The van der Waals surface area contributed by atoms with Gasteiger partial charge in [-0.05, 0) is 12.3 Å². The Morgan fingerprint density at radius 1 is 1.48 bits per heavy atom. The molecule has 116 valence electrons. The standard InChI is InChI=1S/C13H17FN2O5/c1-7(2)3-8(6-17)15-11-5-10(14)9(13(18)19)4-12(11)16(20)21/h4-5,7-8,15,17H,3,6H2,1-2H3,(H,18,19). The van der Waals surface area contributed by atoms with Gasteiger partial charge < -0.3 is 15.5 Å². The van der Waals surface area contributed by atoms with Crippen LogP contribution in [0, 0.1) is 21.8 Å². The summed E-state index contributed by atoms with van der Waals surface area (Å²) in [6.45, 7) is 3.54. The Balaban J connectivity index is 3.19. The van der Waals surface area contributed by atoms with Gasteiger partial charge in [0.2, 0.25) is 0 Å². The highest BCUT2D eigenvalue weighted by Crippen LogP contribution is 2.29. The Morgan fingerprint density at radius 2 is 2.10 bits per heavy atom. The number of hydrogen-bond acceptors (Lipinski definition) is 5. The number of benzene rings is 1. The molecule has 0 aliphatic heterocycles. The Hall–Kier alpha value is -2.22. The van der Waals surface area contributed by atoms with Gasteiger partial charge in [-0.3, -0.25) is 10.1 Å². The Bertz CT molecular complexity index is 548. The minimum Gasteiger partial charge on any atom is -0.478 e. The summed E-state index contributed by atoms with van der Waals surface area (Å²) < 4.78 is 13.7. The van der Waals surface area contributed by atoms with E-state index in [1.807, 2.05) is 13.8 Å². The topological polar surface area (TPSA) is 113 Å². The maximum atomic E-state index is 13.7. The van der Waals surface area contributed by atoms with E-state index >= 15 is 0 Å². The maximum Gasteiger partial charge on any atom is 0.338 e. The molecule has 0 bridgehead atoms. The van der Waals surface area contributed by atoms with Gasteiger partial charge in [0.15, 0.2) is 0 Å². The lowest BCUT2D eigenvalue weighted by atomic mass is 10.0. The zero-order valence-electron chi connectivity index (χ0n) is 11.7. The summed E-state index contributed by atoms with van der Waals surface area (Å²) in [6, 6.07) is 0.952. The Labute approximate surface area is 120 Å². The minimum atomic E-state index is -1.58. The number of carbonyl (C=O) groups is 1. The van der Waals surface area contributed by atoms with Crippen molar-refractivity contribution in [1.29, 1.82) is 0 Å². The molecule has 0 fully saturated rings. The first kappa shape index (κ1) is 16.8. The molecule has 0 aliphatic rings. The molecule has 1 atom stereocenters. The van der Waals surface area contributed by atoms with Crippen molar-refractivity contribution in [3.63, 3.8) is 0 Å². The quantitative estimate of drug-likeness (QED) is 0.526. The summed E-state index contributed by atoms with van der Waals surface area (Å²) in [5, 5.41) is 31.7. The number of anilines is 1. The number of aliphatic hydroxyl groups excluding tert-OH is 1. The van der Waals surface area contributed by atoms with Crippen LogP contribution in [0.1, 0.15) is 30.6 Å². The highest BCUT2D eigenvalue weighted by Gasteiger charge is 2.23. The number of nitrogens with one attached hydrogen (secondary N) is 1. The van der Waals surface area contributed by atoms with Crippen LogP contribution in [-0.4, -0.2) is 33.8 Å². The molecule has 1 unspecified atom stereocenters. The van der Waals surface area contributed by atoms with E-state index in [9.17, 15) is 24.4 Å². The molecule has 0 radical (unpaired) electrons. The molecule has 7 nitrogen and oxygen atoms in total. The molecule has 1 aromatic rings. The van der Waals surface area contributed by atoms with E-state index in [1.165, 1.54) is 0 Å². The van der Waals surface area contributed by atoms with Crippen LogP contribution < -0.4 is 5.32 Å². The smallest absolute Gasteiger partial charge is 0.338 e. The van der Waals surface area contributed by atoms with Crippen molar-refractivity contribution in [3.8, 4) is 0 Å². The van der Waals surface area contributed by atoms with E-state index in [0.29, 0.717) is 12.5 Å². The minimum absolute atomic E-state index is 0.151. The number of carboxylic acid groups (broad SMARTS) is 1. The van der Waals surface area contributed by atoms with Gasteiger partial charge in [0.25, 0.3) is 5.69 Å². The molecule has 0 spiro atoms. The second-order valence-corrected chi connectivity index (χ2v) is 5.06. The van der Waals surface area contributed by atoms with E-state index in [1.54, 1.807) is 0 Å². The molecule has 0 aromatic heterocycles. The molecule has 8 heteroatoms. The maximum absolute atomic E-state index is 13.7. The van der Waals surface area contributed by atoms with Crippen LogP contribution in [0.25, 0.3) is 0 Å². The molecule has 0 aliphatic carbocycles. The summed E-state index contributed by atoms with van der Waals surface area (Å²) in [5.41, 5.74) is -1.46. The zero-order valence-corrected chi connectivity index (χ0v) is 11.7. The highest BCUT2D eigenvalue weighted by atomic mass is 19.1. The normalized spacial score (nSPS) is 12.2. The second-order valence-electron chi connectivity index (χ2n) is 5.06. The van der Waals surface area contributed by atoms with Gasteiger partial charge in [0, 0.05) is 18.2 Å². The number of rotatable bonds is 7. The van der Waals surface area contributed by atoms with Crippen LogP contribution in [0.2, 0.25) is 0 Å². The SMILES string of the molecule is CC(C)CC(CO)Nc1cc(F)c(C(=O)O)cc1[N+](=O)[O-]. The molecule has 0 amide bonds. The lowest BCUT2D eigenvalue weighted by Crippen LogP contribution is -2.26. The van der Waals surface area contributed by atoms with Crippen molar-refractivity contribution in [2.24, 2.45) is 5.92 Å². The van der Waals surface area contributed by atoms with Crippen molar-refractivity contribution in [2.75, 3.05) is 11.9 Å². The number of carboxylic acids is 1. The van der Waals surface area contributed by atoms with Crippen LogP contribution in [0.15, 0.2) is 12.1 Å². The number of nitro groups is 1. The summed E-state index contributed by atoms with van der Waals surface area (Å²) >= 11 is 0. The van der Waals surface area contributed by atoms with Gasteiger partial charge in [-0.25, -0.2) is 9.18 Å². The molecule has 3 N–H and O–H groups in total. The van der Waals surface area contributed by atoms with Crippen LogP contribution >= 0.6 is 0 Å². The van der Waals surface area contributed by atoms with Gasteiger partial charge in [0.1, 0.15) is 17.1 Å². The summed E-state index contributed by atoms with van der Waals surface area (Å²) in [5.74, 6) is -2.43. The van der Waals surface area contributed by atoms with E-state index in [2.05, 4.69) is 5.32 Å². The molecule has 0 heterocycles.